The molecule has 2 rings (SSSR count). The van der Waals surface area contributed by atoms with Gasteiger partial charge in [-0.25, -0.2) is 0 Å². The van der Waals surface area contributed by atoms with Crippen LogP contribution in [0.5, 0.6) is 5.75 Å². The largest absolute Gasteiger partial charge is 0.507 e. The van der Waals surface area contributed by atoms with Crippen molar-refractivity contribution in [2.75, 3.05) is 5.73 Å². The molecule has 0 aromatic heterocycles. The molecule has 0 aliphatic rings. The Morgan fingerprint density at radius 1 is 1.09 bits per heavy atom. The number of phenols is 1. The molecule has 0 bridgehead atoms. The summed E-state index contributed by atoms with van der Waals surface area (Å²) in [4.78, 5) is 33.8. The summed E-state index contributed by atoms with van der Waals surface area (Å²) in [5, 5.41) is 20.3. The number of hydrazine groups is 1. The fraction of sp³-hybridized carbons (Fsp3) is 0. The van der Waals surface area contributed by atoms with Gasteiger partial charge in [0.1, 0.15) is 11.4 Å². The minimum atomic E-state index is -0.767. The van der Waals surface area contributed by atoms with Crippen molar-refractivity contribution in [1.82, 2.24) is 10.9 Å². The van der Waals surface area contributed by atoms with E-state index in [9.17, 15) is 24.8 Å². The first kappa shape index (κ1) is 15.8. The van der Waals surface area contributed by atoms with Crippen molar-refractivity contribution < 1.29 is 19.6 Å². The van der Waals surface area contributed by atoms with Gasteiger partial charge in [-0.1, -0.05) is 12.1 Å². The summed E-state index contributed by atoms with van der Waals surface area (Å²) in [7, 11) is 0. The van der Waals surface area contributed by atoms with E-state index in [0.717, 1.165) is 6.07 Å². The Morgan fingerprint density at radius 2 is 1.74 bits per heavy atom. The van der Waals surface area contributed by atoms with Gasteiger partial charge in [0.25, 0.3) is 17.5 Å². The number of nitrogens with two attached hydrogens (primary N) is 1. The molecule has 9 heteroatoms. The van der Waals surface area contributed by atoms with Crippen molar-refractivity contribution in [1.29, 1.82) is 0 Å². The second-order valence-corrected chi connectivity index (χ2v) is 4.46. The van der Waals surface area contributed by atoms with Gasteiger partial charge in [-0.05, 0) is 24.3 Å². The fourth-order valence-electron chi connectivity index (χ4n) is 1.76. The van der Waals surface area contributed by atoms with Gasteiger partial charge in [-0.15, -0.1) is 0 Å². The smallest absolute Gasteiger partial charge is 0.292 e. The van der Waals surface area contributed by atoms with Crippen LogP contribution >= 0.6 is 0 Å². The highest BCUT2D eigenvalue weighted by Gasteiger charge is 2.17. The number of nitrogens with zero attached hydrogens (tertiary/aromatic N) is 1. The first-order valence-electron chi connectivity index (χ1n) is 6.32. The van der Waals surface area contributed by atoms with E-state index < -0.39 is 22.4 Å². The number of nitro benzene ring substituents is 1. The highest BCUT2D eigenvalue weighted by molar-refractivity contribution is 6.00. The number of nitrogen functional groups attached to an aromatic ring is 1. The van der Waals surface area contributed by atoms with Crippen LogP contribution in [0, 0.1) is 10.1 Å². The number of amides is 2. The summed E-state index contributed by atoms with van der Waals surface area (Å²) in [6, 6.07) is 9.27. The van der Waals surface area contributed by atoms with Gasteiger partial charge in [0.2, 0.25) is 0 Å². The van der Waals surface area contributed by atoms with Gasteiger partial charge in [0.15, 0.2) is 0 Å². The summed E-state index contributed by atoms with van der Waals surface area (Å²) in [5.41, 5.74) is 9.06. The third kappa shape index (κ3) is 3.53. The summed E-state index contributed by atoms with van der Waals surface area (Å²) < 4.78 is 0. The molecule has 0 saturated carbocycles. The molecule has 0 aliphatic heterocycles. The van der Waals surface area contributed by atoms with Crippen LogP contribution in [0.1, 0.15) is 20.7 Å². The molecule has 0 saturated heterocycles. The number of hydrogen-bond donors (Lipinski definition) is 4. The Morgan fingerprint density at radius 3 is 2.39 bits per heavy atom. The third-order valence-corrected chi connectivity index (χ3v) is 2.93. The zero-order valence-electron chi connectivity index (χ0n) is 11.6. The number of anilines is 1. The second-order valence-electron chi connectivity index (χ2n) is 4.46. The molecule has 0 heterocycles. The first-order valence-corrected chi connectivity index (χ1v) is 6.32. The predicted octanol–water partition coefficient (Wildman–Crippen LogP) is 0.957. The van der Waals surface area contributed by atoms with Crippen LogP contribution in [0.3, 0.4) is 0 Å². The molecule has 0 radical (unpaired) electrons. The first-order chi connectivity index (χ1) is 10.9. The monoisotopic (exact) mass is 316 g/mol. The lowest BCUT2D eigenvalue weighted by molar-refractivity contribution is -0.383. The minimum absolute atomic E-state index is 0.0314. The summed E-state index contributed by atoms with van der Waals surface area (Å²) in [5.74, 6) is -1.75. The summed E-state index contributed by atoms with van der Waals surface area (Å²) in [6.45, 7) is 0. The van der Waals surface area contributed by atoms with Gasteiger partial charge in [0.05, 0.1) is 10.5 Å². The maximum Gasteiger partial charge on any atom is 0.292 e. The van der Waals surface area contributed by atoms with Gasteiger partial charge in [-0.3, -0.25) is 30.6 Å². The Labute approximate surface area is 129 Å². The van der Waals surface area contributed by atoms with Crippen LogP contribution in [0.25, 0.3) is 0 Å². The summed E-state index contributed by atoms with van der Waals surface area (Å²) >= 11 is 0. The van der Waals surface area contributed by atoms with Crippen LogP contribution in [0.15, 0.2) is 42.5 Å². The topological polar surface area (TPSA) is 148 Å². The fourth-order valence-corrected chi connectivity index (χ4v) is 1.76. The highest BCUT2D eigenvalue weighted by Crippen LogP contribution is 2.22. The van der Waals surface area contributed by atoms with E-state index in [0.29, 0.717) is 0 Å². The predicted molar refractivity (Wildman–Crippen MR) is 80.5 cm³/mol. The van der Waals surface area contributed by atoms with E-state index in [-0.39, 0.29) is 22.6 Å². The highest BCUT2D eigenvalue weighted by atomic mass is 16.6. The lowest BCUT2D eigenvalue weighted by Gasteiger charge is -2.08. The normalized spacial score (nSPS) is 9.91. The Balaban J connectivity index is 2.08. The van der Waals surface area contributed by atoms with Crippen LogP contribution < -0.4 is 16.6 Å². The molecule has 23 heavy (non-hydrogen) atoms. The number of hydrogen-bond acceptors (Lipinski definition) is 6. The molecule has 0 unspecified atom stereocenters. The molecule has 118 valence electrons. The Kier molecular flexibility index (Phi) is 4.41. The molecular weight excluding hydrogens is 304 g/mol. The lowest BCUT2D eigenvalue weighted by atomic mass is 10.1. The number of aromatic hydroxyl groups is 1. The van der Waals surface area contributed by atoms with Gasteiger partial charge in [-0.2, -0.15) is 0 Å². The average Bonchev–Trinajstić information content (AvgIpc) is 2.52. The maximum atomic E-state index is 11.9. The van der Waals surface area contributed by atoms with Crippen molar-refractivity contribution in [3.8, 4) is 5.75 Å². The van der Waals surface area contributed by atoms with E-state index in [1.54, 1.807) is 6.07 Å². The summed E-state index contributed by atoms with van der Waals surface area (Å²) in [6.07, 6.45) is 0. The van der Waals surface area contributed by atoms with Gasteiger partial charge < -0.3 is 10.8 Å². The molecule has 0 aliphatic carbocycles. The number of carbonyl (C=O) groups excluding carboxylic acids is 2. The zero-order chi connectivity index (χ0) is 17.0. The number of rotatable bonds is 3. The molecule has 0 fully saturated rings. The molecule has 2 amide bonds. The number of phenolic OH excluding ortho intramolecular Hbond substituents is 1. The lowest BCUT2D eigenvalue weighted by Crippen LogP contribution is -2.41. The number of benzene rings is 2. The molecule has 0 atom stereocenters. The van der Waals surface area contributed by atoms with Crippen molar-refractivity contribution >= 4 is 23.2 Å². The van der Waals surface area contributed by atoms with E-state index in [1.165, 1.54) is 30.3 Å². The van der Waals surface area contributed by atoms with Crippen molar-refractivity contribution in [2.24, 2.45) is 0 Å². The van der Waals surface area contributed by atoms with Crippen LogP contribution in [0.4, 0.5) is 11.4 Å². The number of carbonyl (C=O) groups is 2. The standard InChI is InChI=1S/C14H12N4O5/c15-10-6-5-8(7-11(10)18(22)23)13(20)16-17-14(21)9-3-1-2-4-12(9)19/h1-7,19H,15H2,(H,16,20)(H,17,21). The molecule has 9 nitrogen and oxygen atoms in total. The molecule has 2 aromatic carbocycles. The number of nitro groups is 1. The molecule has 2 aromatic rings. The molecule has 0 spiro atoms. The quantitative estimate of drug-likeness (QED) is 0.376. The van der Waals surface area contributed by atoms with E-state index in [2.05, 4.69) is 10.9 Å². The van der Waals surface area contributed by atoms with Crippen molar-refractivity contribution in [3.05, 3.63) is 63.7 Å². The number of nitrogens with one attached hydrogen (secondary N) is 2. The van der Waals surface area contributed by atoms with Gasteiger partial charge in [0, 0.05) is 11.6 Å². The SMILES string of the molecule is Nc1ccc(C(=O)NNC(=O)c2ccccc2O)cc1[N+](=O)[O-]. The maximum absolute atomic E-state index is 11.9. The van der Waals surface area contributed by atoms with Gasteiger partial charge >= 0.3 is 0 Å². The molecule has 5 N–H and O–H groups in total. The van der Waals surface area contributed by atoms with E-state index in [1.807, 2.05) is 0 Å². The third-order valence-electron chi connectivity index (χ3n) is 2.93. The Bertz CT molecular complexity index is 790. The van der Waals surface area contributed by atoms with E-state index >= 15 is 0 Å². The average molecular weight is 316 g/mol. The zero-order valence-corrected chi connectivity index (χ0v) is 11.6. The number of para-hydroxylation sites is 1. The minimum Gasteiger partial charge on any atom is -0.507 e. The van der Waals surface area contributed by atoms with Crippen LogP contribution in [-0.2, 0) is 0 Å². The van der Waals surface area contributed by atoms with E-state index in [4.69, 9.17) is 5.73 Å². The van der Waals surface area contributed by atoms with Crippen LogP contribution in [0.2, 0.25) is 0 Å². The van der Waals surface area contributed by atoms with Crippen molar-refractivity contribution in [2.45, 2.75) is 0 Å². The Hall–Kier alpha value is -3.62. The van der Waals surface area contributed by atoms with Crippen molar-refractivity contribution in [3.63, 3.8) is 0 Å². The second kappa shape index (κ2) is 6.43. The van der Waals surface area contributed by atoms with Crippen LogP contribution in [-0.4, -0.2) is 21.8 Å². The molecular formula is C14H12N4O5.